The van der Waals surface area contributed by atoms with Crippen molar-refractivity contribution in [1.82, 2.24) is 9.78 Å². The van der Waals surface area contributed by atoms with E-state index in [0.29, 0.717) is 0 Å². The second-order valence-electron chi connectivity index (χ2n) is 6.45. The summed E-state index contributed by atoms with van der Waals surface area (Å²) in [7, 11) is 0. The molecule has 1 aliphatic rings. The molecule has 2 aromatic carbocycles. The highest BCUT2D eigenvalue weighted by atomic mass is 35.5. The monoisotopic (exact) mass is 370 g/mol. The number of aromatic nitrogens is 2. The molecule has 2 heterocycles. The number of halogens is 2. The van der Waals surface area contributed by atoms with Crippen molar-refractivity contribution in [3.63, 3.8) is 0 Å². The summed E-state index contributed by atoms with van der Waals surface area (Å²) in [6, 6.07) is 15.0. The number of para-hydroxylation sites is 1. The minimum Gasteiger partial charge on any atom is -0.368 e. The van der Waals surface area contributed by atoms with Crippen LogP contribution in [0.15, 0.2) is 54.7 Å². The molecule has 0 saturated carbocycles. The molecule has 6 heteroatoms. The van der Waals surface area contributed by atoms with E-state index in [1.807, 2.05) is 41.9 Å². The Balaban J connectivity index is 1.48. The number of piperazine rings is 1. The molecule has 0 radical (unpaired) electrons. The molecular formula is C20H20ClFN4. The molecule has 3 aromatic rings. The minimum absolute atomic E-state index is 0.171. The maximum Gasteiger partial charge on any atom is 0.141 e. The lowest BCUT2D eigenvalue weighted by Gasteiger charge is -2.37. The Morgan fingerprint density at radius 1 is 0.923 bits per heavy atom. The lowest BCUT2D eigenvalue weighted by atomic mass is 10.2. The molecule has 1 aromatic heterocycles. The van der Waals surface area contributed by atoms with Gasteiger partial charge in [0.15, 0.2) is 0 Å². The van der Waals surface area contributed by atoms with E-state index in [9.17, 15) is 4.39 Å². The van der Waals surface area contributed by atoms with Crippen LogP contribution in [0.5, 0.6) is 0 Å². The first kappa shape index (κ1) is 16.9. The fourth-order valence-electron chi connectivity index (χ4n) is 3.36. The van der Waals surface area contributed by atoms with Gasteiger partial charge in [-0.25, -0.2) is 9.07 Å². The Bertz CT molecular complexity index is 901. The number of hydrogen-bond donors (Lipinski definition) is 0. The van der Waals surface area contributed by atoms with Crippen LogP contribution in [0.25, 0.3) is 5.69 Å². The Morgan fingerprint density at radius 3 is 2.31 bits per heavy atom. The zero-order valence-corrected chi connectivity index (χ0v) is 15.3. The summed E-state index contributed by atoms with van der Waals surface area (Å²) in [6.07, 6.45) is 2.09. The molecule has 4 rings (SSSR count). The standard InChI is InChI=1S/C20H20ClFN4/c1-15-20(14-26(23-15)16-5-3-2-4-6-16)25-11-9-24(10-12-25)17-7-8-19(22)18(21)13-17/h2-8,13-14H,9-12H2,1H3. The van der Waals surface area contributed by atoms with Crippen LogP contribution < -0.4 is 9.80 Å². The van der Waals surface area contributed by atoms with Gasteiger partial charge < -0.3 is 9.80 Å². The Kier molecular flexibility index (Phi) is 4.55. The first-order valence-corrected chi connectivity index (χ1v) is 9.06. The number of hydrogen-bond acceptors (Lipinski definition) is 3. The Morgan fingerprint density at radius 2 is 1.62 bits per heavy atom. The molecule has 0 unspecified atom stereocenters. The van der Waals surface area contributed by atoms with Crippen LogP contribution >= 0.6 is 11.6 Å². The molecule has 1 fully saturated rings. The van der Waals surface area contributed by atoms with Gasteiger partial charge in [0, 0.05) is 31.9 Å². The average molecular weight is 371 g/mol. The van der Waals surface area contributed by atoms with Gasteiger partial charge in [0.1, 0.15) is 5.82 Å². The van der Waals surface area contributed by atoms with Gasteiger partial charge in [-0.05, 0) is 37.3 Å². The van der Waals surface area contributed by atoms with Crippen molar-refractivity contribution < 1.29 is 4.39 Å². The molecule has 0 aliphatic carbocycles. The quantitative estimate of drug-likeness (QED) is 0.687. The molecule has 1 saturated heterocycles. The SMILES string of the molecule is Cc1nn(-c2ccccc2)cc1N1CCN(c2ccc(F)c(Cl)c2)CC1. The van der Waals surface area contributed by atoms with Gasteiger partial charge in [-0.15, -0.1) is 0 Å². The zero-order chi connectivity index (χ0) is 18.1. The smallest absolute Gasteiger partial charge is 0.141 e. The molecule has 4 nitrogen and oxygen atoms in total. The molecule has 1 aliphatic heterocycles. The van der Waals surface area contributed by atoms with E-state index in [4.69, 9.17) is 11.6 Å². The molecule has 0 amide bonds. The lowest BCUT2D eigenvalue weighted by Crippen LogP contribution is -2.46. The third-order valence-corrected chi connectivity index (χ3v) is 5.07. The summed E-state index contributed by atoms with van der Waals surface area (Å²) in [5.74, 6) is -0.377. The third-order valence-electron chi connectivity index (χ3n) is 4.78. The maximum atomic E-state index is 13.4. The van der Waals surface area contributed by atoms with Crippen molar-refractivity contribution in [2.45, 2.75) is 6.92 Å². The second kappa shape index (κ2) is 7.00. The highest BCUT2D eigenvalue weighted by Crippen LogP contribution is 2.26. The number of rotatable bonds is 3. The molecular weight excluding hydrogens is 351 g/mol. The van der Waals surface area contributed by atoms with Crippen LogP contribution in [-0.4, -0.2) is 36.0 Å². The van der Waals surface area contributed by atoms with Gasteiger partial charge in [0.05, 0.1) is 28.3 Å². The van der Waals surface area contributed by atoms with Crippen LogP contribution in [-0.2, 0) is 0 Å². The van der Waals surface area contributed by atoms with Gasteiger partial charge in [-0.2, -0.15) is 5.10 Å². The van der Waals surface area contributed by atoms with Crippen molar-refractivity contribution in [2.24, 2.45) is 0 Å². The molecule has 0 atom stereocenters. The Hall–Kier alpha value is -2.53. The van der Waals surface area contributed by atoms with Gasteiger partial charge in [-0.3, -0.25) is 0 Å². The minimum atomic E-state index is -0.377. The van der Waals surface area contributed by atoms with Crippen LogP contribution in [0, 0.1) is 12.7 Å². The van der Waals surface area contributed by atoms with Crippen molar-refractivity contribution in [3.8, 4) is 5.69 Å². The summed E-state index contributed by atoms with van der Waals surface area (Å²) >= 11 is 5.92. The zero-order valence-electron chi connectivity index (χ0n) is 14.6. The highest BCUT2D eigenvalue weighted by molar-refractivity contribution is 6.31. The van der Waals surface area contributed by atoms with E-state index >= 15 is 0 Å². The van der Waals surface area contributed by atoms with Crippen LogP contribution in [0.4, 0.5) is 15.8 Å². The lowest BCUT2D eigenvalue weighted by molar-refractivity contribution is 0.625. The van der Waals surface area contributed by atoms with Crippen LogP contribution in [0.3, 0.4) is 0 Å². The summed E-state index contributed by atoms with van der Waals surface area (Å²) in [5.41, 5.74) is 4.20. The van der Waals surface area contributed by atoms with Gasteiger partial charge in [-0.1, -0.05) is 29.8 Å². The maximum absolute atomic E-state index is 13.4. The average Bonchev–Trinajstić information content (AvgIpc) is 3.07. The predicted molar refractivity (Wildman–Crippen MR) is 104 cm³/mol. The fourth-order valence-corrected chi connectivity index (χ4v) is 3.54. The molecule has 134 valence electrons. The van der Waals surface area contributed by atoms with Crippen molar-refractivity contribution in [2.75, 3.05) is 36.0 Å². The second-order valence-corrected chi connectivity index (χ2v) is 6.86. The number of benzene rings is 2. The number of aryl methyl sites for hydroxylation is 1. The van der Waals surface area contributed by atoms with E-state index in [0.717, 1.165) is 48.9 Å². The van der Waals surface area contributed by atoms with Gasteiger partial charge in [0.25, 0.3) is 0 Å². The normalized spacial score (nSPS) is 14.7. The highest BCUT2D eigenvalue weighted by Gasteiger charge is 2.21. The number of anilines is 2. The first-order valence-electron chi connectivity index (χ1n) is 8.68. The van der Waals surface area contributed by atoms with Gasteiger partial charge >= 0.3 is 0 Å². The molecule has 26 heavy (non-hydrogen) atoms. The van der Waals surface area contributed by atoms with E-state index < -0.39 is 0 Å². The Labute approximate surface area is 157 Å². The van der Waals surface area contributed by atoms with E-state index in [-0.39, 0.29) is 10.8 Å². The van der Waals surface area contributed by atoms with Gasteiger partial charge in [0.2, 0.25) is 0 Å². The van der Waals surface area contributed by atoms with Crippen molar-refractivity contribution >= 4 is 23.0 Å². The van der Waals surface area contributed by atoms with E-state index in [1.54, 1.807) is 12.1 Å². The fraction of sp³-hybridized carbons (Fsp3) is 0.250. The van der Waals surface area contributed by atoms with Crippen molar-refractivity contribution in [1.29, 1.82) is 0 Å². The van der Waals surface area contributed by atoms with Crippen molar-refractivity contribution in [3.05, 3.63) is 71.3 Å². The van der Waals surface area contributed by atoms with Crippen LogP contribution in [0.1, 0.15) is 5.69 Å². The predicted octanol–water partition coefficient (Wildman–Crippen LogP) is 4.30. The summed E-state index contributed by atoms with van der Waals surface area (Å²) in [6.45, 7) is 5.53. The third kappa shape index (κ3) is 3.27. The molecule has 0 N–H and O–H groups in total. The summed E-state index contributed by atoms with van der Waals surface area (Å²) in [5, 5.41) is 4.83. The largest absolute Gasteiger partial charge is 0.368 e. The first-order chi connectivity index (χ1) is 12.6. The van der Waals surface area contributed by atoms with E-state index in [1.165, 1.54) is 6.07 Å². The molecule has 0 spiro atoms. The molecule has 0 bridgehead atoms. The number of nitrogens with zero attached hydrogens (tertiary/aromatic N) is 4. The summed E-state index contributed by atoms with van der Waals surface area (Å²) in [4.78, 5) is 4.59. The summed E-state index contributed by atoms with van der Waals surface area (Å²) < 4.78 is 15.3. The van der Waals surface area contributed by atoms with Crippen LogP contribution in [0.2, 0.25) is 5.02 Å². The topological polar surface area (TPSA) is 24.3 Å². The van der Waals surface area contributed by atoms with E-state index in [2.05, 4.69) is 21.1 Å².